The highest BCUT2D eigenvalue weighted by Gasteiger charge is 2.17. The maximum absolute atomic E-state index is 12.7. The fourth-order valence-electron chi connectivity index (χ4n) is 3.89. The van der Waals surface area contributed by atoms with Gasteiger partial charge in [0.15, 0.2) is 0 Å². The van der Waals surface area contributed by atoms with E-state index in [1.165, 1.54) is 0 Å². The van der Waals surface area contributed by atoms with E-state index >= 15 is 0 Å². The number of fused-ring (bicyclic) bond motifs is 1. The van der Waals surface area contributed by atoms with E-state index in [1.807, 2.05) is 36.4 Å². The second-order valence-electron chi connectivity index (χ2n) is 7.35. The van der Waals surface area contributed by atoms with E-state index in [9.17, 15) is 4.79 Å². The number of hydrogen-bond acceptors (Lipinski definition) is 5. The molecular formula is C23H26N2O3. The first-order valence-corrected chi connectivity index (χ1v) is 9.82. The molecule has 3 aromatic rings. The van der Waals surface area contributed by atoms with Gasteiger partial charge in [-0.2, -0.15) is 0 Å². The molecule has 2 aromatic carbocycles. The third kappa shape index (κ3) is 3.50. The zero-order chi connectivity index (χ0) is 19.7. The van der Waals surface area contributed by atoms with Gasteiger partial charge < -0.3 is 19.4 Å². The molecule has 1 aromatic heterocycles. The van der Waals surface area contributed by atoms with Gasteiger partial charge in [-0.05, 0) is 54.8 Å². The lowest BCUT2D eigenvalue weighted by Crippen LogP contribution is -2.49. The summed E-state index contributed by atoms with van der Waals surface area (Å²) in [7, 11) is 1.66. The molecule has 1 N–H and O–H groups in total. The Morgan fingerprint density at radius 1 is 1.21 bits per heavy atom. The van der Waals surface area contributed by atoms with Crippen LogP contribution in [0.3, 0.4) is 0 Å². The Balaban J connectivity index is 1.73. The fraction of sp³-hybridized carbons (Fsp3) is 0.348. The van der Waals surface area contributed by atoms with E-state index in [0.29, 0.717) is 17.2 Å². The number of nitrogens with one attached hydrogen (secondary N) is 1. The van der Waals surface area contributed by atoms with Gasteiger partial charge in [0.05, 0.1) is 12.7 Å². The van der Waals surface area contributed by atoms with Gasteiger partial charge in [-0.1, -0.05) is 13.0 Å². The van der Waals surface area contributed by atoms with E-state index in [2.05, 4.69) is 30.1 Å². The van der Waals surface area contributed by atoms with Crippen molar-refractivity contribution >= 4 is 16.7 Å². The predicted molar refractivity (Wildman–Crippen MR) is 114 cm³/mol. The van der Waals surface area contributed by atoms with Crippen molar-refractivity contribution in [1.29, 1.82) is 0 Å². The lowest BCUT2D eigenvalue weighted by Gasteiger charge is -2.33. The third-order valence-corrected chi connectivity index (χ3v) is 5.43. The first-order chi connectivity index (χ1) is 13.6. The average Bonchev–Trinajstić information content (AvgIpc) is 2.72. The highest BCUT2D eigenvalue weighted by molar-refractivity contribution is 5.84. The monoisotopic (exact) mass is 378 g/mol. The molecule has 0 aliphatic carbocycles. The molecule has 2 heterocycles. The predicted octanol–water partition coefficient (Wildman–Crippen LogP) is 3.83. The molecule has 1 atom stereocenters. The van der Waals surface area contributed by atoms with Crippen LogP contribution in [0.1, 0.15) is 19.4 Å². The van der Waals surface area contributed by atoms with Gasteiger partial charge in [-0.15, -0.1) is 0 Å². The standard InChI is InChI=1S/C23H26N2O3/c1-4-16-11-17(6-8-21(16)27-3)20-12-18-5-7-19(13-22(18)28-23(20)26)25-10-9-24-15(2)14-25/h5-8,11-13,15,24H,4,9-10,14H2,1-3H3/t15-/m1/s1. The molecule has 5 nitrogen and oxygen atoms in total. The molecule has 0 radical (unpaired) electrons. The van der Waals surface area contributed by atoms with Crippen molar-refractivity contribution in [3.8, 4) is 16.9 Å². The number of anilines is 1. The molecule has 146 valence electrons. The lowest BCUT2D eigenvalue weighted by atomic mass is 10.0. The number of methoxy groups -OCH3 is 1. The zero-order valence-electron chi connectivity index (χ0n) is 16.6. The summed E-state index contributed by atoms with van der Waals surface area (Å²) in [4.78, 5) is 15.0. The van der Waals surface area contributed by atoms with Gasteiger partial charge in [0.1, 0.15) is 11.3 Å². The molecule has 1 aliphatic rings. The summed E-state index contributed by atoms with van der Waals surface area (Å²) in [5.74, 6) is 0.839. The number of benzene rings is 2. The molecule has 1 saturated heterocycles. The largest absolute Gasteiger partial charge is 0.496 e. The Morgan fingerprint density at radius 3 is 2.82 bits per heavy atom. The van der Waals surface area contributed by atoms with Gasteiger partial charge >= 0.3 is 5.63 Å². The third-order valence-electron chi connectivity index (χ3n) is 5.43. The van der Waals surface area contributed by atoms with Crippen molar-refractivity contribution in [2.24, 2.45) is 0 Å². The van der Waals surface area contributed by atoms with Crippen LogP contribution in [0.25, 0.3) is 22.1 Å². The van der Waals surface area contributed by atoms with Crippen LogP contribution in [0.4, 0.5) is 5.69 Å². The van der Waals surface area contributed by atoms with Gasteiger partial charge in [-0.3, -0.25) is 0 Å². The maximum atomic E-state index is 12.7. The van der Waals surface area contributed by atoms with Crippen molar-refractivity contribution in [2.45, 2.75) is 26.3 Å². The molecular weight excluding hydrogens is 352 g/mol. The summed E-state index contributed by atoms with van der Waals surface area (Å²) in [6.07, 6.45) is 0.836. The van der Waals surface area contributed by atoms with Gasteiger partial charge in [-0.25, -0.2) is 4.79 Å². The topological polar surface area (TPSA) is 54.7 Å². The maximum Gasteiger partial charge on any atom is 0.344 e. The van der Waals surface area contributed by atoms with E-state index in [0.717, 1.165) is 54.0 Å². The number of aryl methyl sites for hydroxylation is 1. The molecule has 0 amide bonds. The van der Waals surface area contributed by atoms with Crippen LogP contribution in [0.5, 0.6) is 5.75 Å². The Labute approximate surface area is 164 Å². The van der Waals surface area contributed by atoms with Crippen molar-refractivity contribution in [3.05, 3.63) is 58.4 Å². The van der Waals surface area contributed by atoms with Crippen LogP contribution in [0, 0.1) is 0 Å². The van der Waals surface area contributed by atoms with Crippen LogP contribution in [0.2, 0.25) is 0 Å². The van der Waals surface area contributed by atoms with Gasteiger partial charge in [0, 0.05) is 42.8 Å². The van der Waals surface area contributed by atoms with Crippen LogP contribution >= 0.6 is 0 Å². The molecule has 1 fully saturated rings. The molecule has 5 heteroatoms. The van der Waals surface area contributed by atoms with Crippen LogP contribution in [0.15, 0.2) is 51.7 Å². The summed E-state index contributed by atoms with van der Waals surface area (Å²) in [5, 5.41) is 4.37. The Kier molecular flexibility index (Phi) is 5.09. The summed E-state index contributed by atoms with van der Waals surface area (Å²) >= 11 is 0. The summed E-state index contributed by atoms with van der Waals surface area (Å²) in [6, 6.07) is 14.3. The Hall–Kier alpha value is -2.79. The normalized spacial score (nSPS) is 17.1. The molecule has 0 bridgehead atoms. The molecule has 1 aliphatic heterocycles. The Bertz CT molecular complexity index is 1060. The molecule has 28 heavy (non-hydrogen) atoms. The molecule has 0 saturated carbocycles. The van der Waals surface area contributed by atoms with Crippen molar-refractivity contribution in [2.75, 3.05) is 31.6 Å². The zero-order valence-corrected chi connectivity index (χ0v) is 16.6. The number of rotatable bonds is 4. The van der Waals surface area contributed by atoms with Gasteiger partial charge in [0.2, 0.25) is 0 Å². The second-order valence-corrected chi connectivity index (χ2v) is 7.35. The number of nitrogens with zero attached hydrogens (tertiary/aromatic N) is 1. The highest BCUT2D eigenvalue weighted by atomic mass is 16.5. The average molecular weight is 378 g/mol. The summed E-state index contributed by atoms with van der Waals surface area (Å²) in [6.45, 7) is 7.10. The lowest BCUT2D eigenvalue weighted by molar-refractivity contribution is 0.410. The van der Waals surface area contributed by atoms with E-state index < -0.39 is 0 Å². The minimum atomic E-state index is -0.314. The van der Waals surface area contributed by atoms with Crippen molar-refractivity contribution in [1.82, 2.24) is 5.32 Å². The number of ether oxygens (including phenoxy) is 1. The molecule has 0 spiro atoms. The SMILES string of the molecule is CCc1cc(-c2cc3ccc(N4CCN[C@H](C)C4)cc3oc2=O)ccc1OC. The summed E-state index contributed by atoms with van der Waals surface area (Å²) in [5.41, 5.74) is 3.91. The van der Waals surface area contributed by atoms with E-state index in [-0.39, 0.29) is 5.63 Å². The number of piperazine rings is 1. The minimum Gasteiger partial charge on any atom is -0.496 e. The minimum absolute atomic E-state index is 0.314. The van der Waals surface area contributed by atoms with Gasteiger partial charge in [0.25, 0.3) is 0 Å². The highest BCUT2D eigenvalue weighted by Crippen LogP contribution is 2.29. The van der Waals surface area contributed by atoms with Crippen LogP contribution in [-0.2, 0) is 6.42 Å². The number of hydrogen-bond donors (Lipinski definition) is 1. The van der Waals surface area contributed by atoms with E-state index in [4.69, 9.17) is 9.15 Å². The first kappa shape index (κ1) is 18.6. The fourth-order valence-corrected chi connectivity index (χ4v) is 3.89. The molecule has 4 rings (SSSR count). The quantitative estimate of drug-likeness (QED) is 0.700. The Morgan fingerprint density at radius 2 is 2.07 bits per heavy atom. The summed E-state index contributed by atoms with van der Waals surface area (Å²) < 4.78 is 11.1. The molecule has 0 unspecified atom stereocenters. The van der Waals surface area contributed by atoms with Crippen molar-refractivity contribution < 1.29 is 9.15 Å². The van der Waals surface area contributed by atoms with Crippen LogP contribution < -0.4 is 20.6 Å². The first-order valence-electron chi connectivity index (χ1n) is 9.82. The second kappa shape index (κ2) is 7.68. The van der Waals surface area contributed by atoms with Crippen LogP contribution in [-0.4, -0.2) is 32.8 Å². The van der Waals surface area contributed by atoms with Crippen molar-refractivity contribution in [3.63, 3.8) is 0 Å². The smallest absolute Gasteiger partial charge is 0.344 e. The van der Waals surface area contributed by atoms with E-state index in [1.54, 1.807) is 7.11 Å².